The molecule has 2 fully saturated rings. The first kappa shape index (κ1) is 17.9. The van der Waals surface area contributed by atoms with Crippen molar-refractivity contribution in [2.45, 2.75) is 6.92 Å². The second-order valence-corrected chi connectivity index (χ2v) is 8.01. The van der Waals surface area contributed by atoms with Crippen molar-refractivity contribution in [1.82, 2.24) is 14.9 Å². The Bertz CT molecular complexity index is 1070. The van der Waals surface area contributed by atoms with E-state index in [1.807, 2.05) is 36.1 Å². The number of nitrogens with zero attached hydrogens (tertiary/aromatic N) is 4. The SMILES string of the molecule is COc1ccnc(N2C[C@H]3CN(C(=O)c4c(C)ccc5ccccc45)C[C@H]3C2)n1. The minimum absolute atomic E-state index is 0.151. The maximum Gasteiger partial charge on any atom is 0.254 e. The fourth-order valence-corrected chi connectivity index (χ4v) is 4.74. The van der Waals surface area contributed by atoms with Crippen molar-refractivity contribution in [3.63, 3.8) is 0 Å². The van der Waals surface area contributed by atoms with Crippen LogP contribution in [-0.4, -0.2) is 54.1 Å². The van der Waals surface area contributed by atoms with E-state index < -0.39 is 0 Å². The highest BCUT2D eigenvalue weighted by atomic mass is 16.5. The lowest BCUT2D eigenvalue weighted by atomic mass is 9.99. The molecule has 2 aliphatic rings. The molecular weight excluding hydrogens is 364 g/mol. The van der Waals surface area contributed by atoms with E-state index >= 15 is 0 Å². The van der Waals surface area contributed by atoms with Crippen LogP contribution in [0.4, 0.5) is 5.95 Å². The van der Waals surface area contributed by atoms with Crippen molar-refractivity contribution in [3.8, 4) is 5.88 Å². The summed E-state index contributed by atoms with van der Waals surface area (Å²) >= 11 is 0. The van der Waals surface area contributed by atoms with Gasteiger partial charge in [0.05, 0.1) is 12.7 Å². The summed E-state index contributed by atoms with van der Waals surface area (Å²) in [5, 5.41) is 2.16. The van der Waals surface area contributed by atoms with Crippen molar-refractivity contribution in [1.29, 1.82) is 0 Å². The van der Waals surface area contributed by atoms with E-state index in [-0.39, 0.29) is 5.91 Å². The number of amides is 1. The van der Waals surface area contributed by atoms with Gasteiger partial charge in [-0.15, -0.1) is 0 Å². The van der Waals surface area contributed by atoms with E-state index in [1.165, 1.54) is 0 Å². The quantitative estimate of drug-likeness (QED) is 0.690. The van der Waals surface area contributed by atoms with E-state index in [9.17, 15) is 4.79 Å². The lowest BCUT2D eigenvalue weighted by Gasteiger charge is -2.23. The lowest BCUT2D eigenvalue weighted by molar-refractivity contribution is 0.0784. The summed E-state index contributed by atoms with van der Waals surface area (Å²) in [5.41, 5.74) is 1.88. The Labute approximate surface area is 170 Å². The predicted octanol–water partition coefficient (Wildman–Crippen LogP) is 3.16. The number of fused-ring (bicyclic) bond motifs is 2. The third kappa shape index (κ3) is 3.09. The van der Waals surface area contributed by atoms with E-state index in [4.69, 9.17) is 4.74 Å². The molecule has 1 aromatic heterocycles. The van der Waals surface area contributed by atoms with Crippen LogP contribution in [0.3, 0.4) is 0 Å². The van der Waals surface area contributed by atoms with Gasteiger partial charge in [-0.25, -0.2) is 4.98 Å². The highest BCUT2D eigenvalue weighted by Gasteiger charge is 2.42. The average Bonchev–Trinajstić information content (AvgIpc) is 3.33. The zero-order valence-electron chi connectivity index (χ0n) is 16.7. The maximum atomic E-state index is 13.4. The molecule has 29 heavy (non-hydrogen) atoms. The van der Waals surface area contributed by atoms with Crippen molar-refractivity contribution in [3.05, 3.63) is 59.8 Å². The second-order valence-electron chi connectivity index (χ2n) is 8.01. The Kier molecular flexibility index (Phi) is 4.34. The third-order valence-corrected chi connectivity index (χ3v) is 6.23. The van der Waals surface area contributed by atoms with E-state index in [2.05, 4.69) is 27.0 Å². The summed E-state index contributed by atoms with van der Waals surface area (Å²) < 4.78 is 5.22. The van der Waals surface area contributed by atoms with Gasteiger partial charge >= 0.3 is 0 Å². The topological polar surface area (TPSA) is 58.6 Å². The van der Waals surface area contributed by atoms with Gasteiger partial charge in [-0.05, 0) is 23.3 Å². The molecule has 0 saturated carbocycles. The summed E-state index contributed by atoms with van der Waals surface area (Å²) in [7, 11) is 1.61. The van der Waals surface area contributed by atoms with E-state index in [0.29, 0.717) is 23.7 Å². The van der Waals surface area contributed by atoms with Gasteiger partial charge < -0.3 is 14.5 Å². The number of hydrogen-bond acceptors (Lipinski definition) is 5. The molecule has 0 radical (unpaired) electrons. The second kappa shape index (κ2) is 7.03. The van der Waals surface area contributed by atoms with Crippen LogP contribution in [0.1, 0.15) is 15.9 Å². The molecule has 0 N–H and O–H groups in total. The van der Waals surface area contributed by atoms with Crippen molar-refractivity contribution in [2.75, 3.05) is 38.2 Å². The molecule has 3 heterocycles. The highest BCUT2D eigenvalue weighted by Crippen LogP contribution is 2.35. The van der Waals surface area contributed by atoms with Crippen LogP contribution in [0.25, 0.3) is 10.8 Å². The predicted molar refractivity (Wildman–Crippen MR) is 112 cm³/mol. The minimum atomic E-state index is 0.151. The molecule has 6 heteroatoms. The first-order valence-electron chi connectivity index (χ1n) is 10.0. The van der Waals surface area contributed by atoms with Crippen molar-refractivity contribution in [2.24, 2.45) is 11.8 Å². The molecule has 3 aromatic rings. The van der Waals surface area contributed by atoms with Crippen molar-refractivity contribution >= 4 is 22.6 Å². The zero-order chi connectivity index (χ0) is 20.0. The van der Waals surface area contributed by atoms with Crippen LogP contribution in [0.15, 0.2) is 48.7 Å². The average molecular weight is 388 g/mol. The molecule has 0 bridgehead atoms. The maximum absolute atomic E-state index is 13.4. The molecule has 2 aliphatic heterocycles. The van der Waals surface area contributed by atoms with Gasteiger partial charge in [0.1, 0.15) is 0 Å². The number of carbonyl (C=O) groups is 1. The molecular formula is C23H24N4O2. The van der Waals surface area contributed by atoms with Gasteiger partial charge in [0.15, 0.2) is 0 Å². The molecule has 1 amide bonds. The summed E-state index contributed by atoms with van der Waals surface area (Å²) in [6.45, 7) is 5.34. The van der Waals surface area contributed by atoms with Gasteiger partial charge in [0.2, 0.25) is 11.8 Å². The number of carbonyl (C=O) groups excluding carboxylic acids is 1. The van der Waals surface area contributed by atoms with Gasteiger partial charge in [-0.2, -0.15) is 4.98 Å². The number of methoxy groups -OCH3 is 1. The molecule has 0 aliphatic carbocycles. The number of ether oxygens (including phenoxy) is 1. The summed E-state index contributed by atoms with van der Waals surface area (Å²) in [6, 6.07) is 14.0. The molecule has 0 unspecified atom stereocenters. The Morgan fingerprint density at radius 3 is 2.55 bits per heavy atom. The summed E-state index contributed by atoms with van der Waals surface area (Å²) in [6.07, 6.45) is 1.73. The fourth-order valence-electron chi connectivity index (χ4n) is 4.74. The van der Waals surface area contributed by atoms with E-state index in [1.54, 1.807) is 19.4 Å². The number of benzene rings is 2. The first-order valence-corrected chi connectivity index (χ1v) is 10.0. The smallest absolute Gasteiger partial charge is 0.254 e. The van der Waals surface area contributed by atoms with E-state index in [0.717, 1.165) is 48.1 Å². The van der Waals surface area contributed by atoms with Gasteiger partial charge in [-0.3, -0.25) is 4.79 Å². The standard InChI is InChI=1S/C23H24N4O2/c1-15-7-8-16-5-3-4-6-19(16)21(15)22(28)26-11-17-13-27(14-18(17)12-26)23-24-10-9-20(25-23)29-2/h3-10,17-18H,11-14H2,1-2H3/t17-,18+. The van der Waals surface area contributed by atoms with Crippen LogP contribution in [-0.2, 0) is 0 Å². The van der Waals surface area contributed by atoms with Gasteiger partial charge in [-0.1, -0.05) is 36.4 Å². The Hall–Kier alpha value is -3.15. The van der Waals surface area contributed by atoms with Crippen LogP contribution in [0, 0.1) is 18.8 Å². The number of aryl methyl sites for hydroxylation is 1. The number of likely N-dealkylation sites (tertiary alicyclic amines) is 1. The van der Waals surface area contributed by atoms with Crippen molar-refractivity contribution < 1.29 is 9.53 Å². The van der Waals surface area contributed by atoms with Gasteiger partial charge in [0, 0.05) is 50.3 Å². The lowest BCUT2D eigenvalue weighted by Crippen LogP contribution is -2.34. The van der Waals surface area contributed by atoms with Gasteiger partial charge in [0.25, 0.3) is 5.91 Å². The number of rotatable bonds is 3. The Balaban J connectivity index is 1.34. The monoisotopic (exact) mass is 388 g/mol. The molecule has 2 atom stereocenters. The van der Waals surface area contributed by atoms with Crippen LogP contribution in [0.2, 0.25) is 0 Å². The molecule has 148 valence electrons. The summed E-state index contributed by atoms with van der Waals surface area (Å²) in [4.78, 5) is 26.5. The van der Waals surface area contributed by atoms with Crippen LogP contribution < -0.4 is 9.64 Å². The molecule has 6 nitrogen and oxygen atoms in total. The largest absolute Gasteiger partial charge is 0.481 e. The fraction of sp³-hybridized carbons (Fsp3) is 0.348. The van der Waals surface area contributed by atoms with Crippen LogP contribution >= 0.6 is 0 Å². The normalized spacial score (nSPS) is 20.9. The molecule has 2 aromatic carbocycles. The summed E-state index contributed by atoms with van der Waals surface area (Å²) in [5.74, 6) is 2.34. The first-order chi connectivity index (χ1) is 14.1. The minimum Gasteiger partial charge on any atom is -0.481 e. The number of anilines is 1. The Morgan fingerprint density at radius 1 is 1.03 bits per heavy atom. The number of aromatic nitrogens is 2. The molecule has 5 rings (SSSR count). The Morgan fingerprint density at radius 2 is 1.79 bits per heavy atom. The third-order valence-electron chi connectivity index (χ3n) is 6.23. The number of hydrogen-bond donors (Lipinski definition) is 0. The van der Waals surface area contributed by atoms with Crippen LogP contribution in [0.5, 0.6) is 5.88 Å². The molecule has 0 spiro atoms. The molecule has 2 saturated heterocycles. The highest BCUT2D eigenvalue weighted by molar-refractivity contribution is 6.08. The zero-order valence-corrected chi connectivity index (χ0v) is 16.7.